The summed E-state index contributed by atoms with van der Waals surface area (Å²) >= 11 is 4.41. The molecule has 0 fully saturated rings. The molecule has 0 aromatic rings. The molecular weight excluding hydrogens is 188 g/mol. The summed E-state index contributed by atoms with van der Waals surface area (Å²) in [4.78, 5) is 0.266. The van der Waals surface area contributed by atoms with Crippen molar-refractivity contribution >= 4 is 26.4 Å². The van der Waals surface area contributed by atoms with Crippen LogP contribution in [0.4, 0.5) is 0 Å². The standard InChI is InChI=1S/C8H18O2SSi/c1-3-4-5-8(11)12(2)7(10)6-9/h8-11H,3-6H2,1-2H3/b12-7-. The molecule has 4 heteroatoms. The average Bonchev–Trinajstić information content (AvgIpc) is 2.11. The predicted molar refractivity (Wildman–Crippen MR) is 57.9 cm³/mol. The van der Waals surface area contributed by atoms with Crippen LogP contribution in [0.1, 0.15) is 26.2 Å². The van der Waals surface area contributed by atoms with Crippen molar-refractivity contribution in [1.82, 2.24) is 0 Å². The number of hydrogen-bond acceptors (Lipinski definition) is 3. The van der Waals surface area contributed by atoms with E-state index in [2.05, 4.69) is 19.6 Å². The molecule has 72 valence electrons. The van der Waals surface area contributed by atoms with Crippen molar-refractivity contribution in [3.63, 3.8) is 0 Å². The van der Waals surface area contributed by atoms with E-state index in [4.69, 9.17) is 5.11 Å². The van der Waals surface area contributed by atoms with E-state index in [0.29, 0.717) is 0 Å². The Kier molecular flexibility index (Phi) is 6.79. The smallest absolute Gasteiger partial charge is 0.0947 e. The molecule has 0 radical (unpaired) electrons. The number of rotatable bonds is 5. The first-order valence-corrected chi connectivity index (χ1v) is 6.90. The number of thiol groups is 1. The Morgan fingerprint density at radius 1 is 1.58 bits per heavy atom. The van der Waals surface area contributed by atoms with Crippen LogP contribution in [0.5, 0.6) is 0 Å². The highest BCUT2D eigenvalue weighted by Gasteiger charge is 2.09. The molecule has 1 atom stereocenters. The number of aliphatic hydroxyl groups is 2. The van der Waals surface area contributed by atoms with Gasteiger partial charge in [0.1, 0.15) is 0 Å². The maximum absolute atomic E-state index is 9.26. The molecule has 0 aromatic carbocycles. The van der Waals surface area contributed by atoms with E-state index in [-0.39, 0.29) is 16.8 Å². The summed E-state index contributed by atoms with van der Waals surface area (Å²) in [5, 5.41) is 18.2. The first kappa shape index (κ1) is 12.2. The zero-order valence-electron chi connectivity index (χ0n) is 7.75. The Morgan fingerprint density at radius 3 is 2.58 bits per heavy atom. The molecule has 0 aliphatic heterocycles. The lowest BCUT2D eigenvalue weighted by molar-refractivity contribution is 0.331. The minimum atomic E-state index is -0.982. The Bertz CT molecular complexity index is 159. The Morgan fingerprint density at radius 2 is 2.17 bits per heavy atom. The molecule has 0 bridgehead atoms. The van der Waals surface area contributed by atoms with Crippen LogP contribution in [0.15, 0.2) is 0 Å². The molecule has 0 aliphatic carbocycles. The van der Waals surface area contributed by atoms with Crippen LogP contribution in [0.3, 0.4) is 0 Å². The molecule has 0 aromatic heterocycles. The van der Waals surface area contributed by atoms with Gasteiger partial charge in [0.25, 0.3) is 0 Å². The summed E-state index contributed by atoms with van der Waals surface area (Å²) in [6, 6.07) is 0. The fourth-order valence-corrected chi connectivity index (χ4v) is 2.83. The van der Waals surface area contributed by atoms with E-state index in [1.54, 1.807) is 0 Å². The van der Waals surface area contributed by atoms with Gasteiger partial charge in [-0.1, -0.05) is 26.3 Å². The van der Waals surface area contributed by atoms with Gasteiger partial charge in [-0.2, -0.15) is 12.6 Å². The van der Waals surface area contributed by atoms with E-state index in [0.717, 1.165) is 19.3 Å². The van der Waals surface area contributed by atoms with Gasteiger partial charge in [0.2, 0.25) is 0 Å². The van der Waals surface area contributed by atoms with Crippen molar-refractivity contribution in [2.24, 2.45) is 0 Å². The van der Waals surface area contributed by atoms with Crippen LogP contribution < -0.4 is 0 Å². The fourth-order valence-electron chi connectivity index (χ4n) is 0.931. The third-order valence-corrected chi connectivity index (χ3v) is 5.71. The summed E-state index contributed by atoms with van der Waals surface area (Å²) in [7, 11) is -0.982. The van der Waals surface area contributed by atoms with Crippen LogP contribution >= 0.6 is 12.6 Å². The van der Waals surface area contributed by atoms with Crippen molar-refractivity contribution in [3.05, 3.63) is 0 Å². The van der Waals surface area contributed by atoms with Crippen molar-refractivity contribution in [2.45, 2.75) is 37.6 Å². The highest BCUT2D eigenvalue weighted by molar-refractivity contribution is 7.82. The van der Waals surface area contributed by atoms with Crippen molar-refractivity contribution in [1.29, 1.82) is 0 Å². The molecule has 0 saturated carbocycles. The molecule has 0 saturated heterocycles. The topological polar surface area (TPSA) is 40.5 Å². The van der Waals surface area contributed by atoms with Crippen LogP contribution in [0.2, 0.25) is 6.55 Å². The molecule has 0 aliphatic rings. The minimum absolute atomic E-state index is 0.200. The largest absolute Gasteiger partial charge is 0.516 e. The van der Waals surface area contributed by atoms with Gasteiger partial charge >= 0.3 is 0 Å². The highest BCUT2D eigenvalue weighted by atomic mass is 32.1. The highest BCUT2D eigenvalue weighted by Crippen LogP contribution is 2.07. The Hall–Kier alpha value is 0.197. The normalized spacial score (nSPS) is 15.7. The summed E-state index contributed by atoms with van der Waals surface area (Å²) in [6.07, 6.45) is 3.34. The summed E-state index contributed by atoms with van der Waals surface area (Å²) in [6.45, 7) is 3.93. The molecule has 0 amide bonds. The fraction of sp³-hybridized carbons (Fsp3) is 0.875. The van der Waals surface area contributed by atoms with Gasteiger partial charge in [0, 0.05) is 4.87 Å². The van der Waals surface area contributed by atoms with Crippen LogP contribution in [-0.2, 0) is 0 Å². The van der Waals surface area contributed by atoms with Crippen LogP contribution in [0.25, 0.3) is 0 Å². The molecule has 1 unspecified atom stereocenters. The molecule has 0 spiro atoms. The van der Waals surface area contributed by atoms with E-state index < -0.39 is 8.41 Å². The van der Waals surface area contributed by atoms with Gasteiger partial charge < -0.3 is 10.2 Å². The predicted octanol–water partition coefficient (Wildman–Crippen LogP) is 1.22. The zero-order chi connectivity index (χ0) is 9.56. The second kappa shape index (κ2) is 6.68. The minimum Gasteiger partial charge on any atom is -0.516 e. The summed E-state index contributed by atoms with van der Waals surface area (Å²) in [5.74, 6) is 0. The monoisotopic (exact) mass is 206 g/mol. The van der Waals surface area contributed by atoms with E-state index >= 15 is 0 Å². The molecule has 2 N–H and O–H groups in total. The van der Waals surface area contributed by atoms with Crippen molar-refractivity contribution in [3.8, 4) is 0 Å². The summed E-state index contributed by atoms with van der Waals surface area (Å²) in [5.41, 5.74) is 0. The van der Waals surface area contributed by atoms with Crippen LogP contribution in [-0.4, -0.2) is 35.5 Å². The lowest BCUT2D eigenvalue weighted by Crippen LogP contribution is -2.25. The van der Waals surface area contributed by atoms with Crippen LogP contribution in [0, 0.1) is 0 Å². The van der Waals surface area contributed by atoms with Gasteiger partial charge in [0.15, 0.2) is 0 Å². The maximum atomic E-state index is 9.26. The van der Waals surface area contributed by atoms with Gasteiger partial charge in [-0.3, -0.25) is 0 Å². The van der Waals surface area contributed by atoms with Gasteiger partial charge in [-0.15, -0.1) is 0 Å². The maximum Gasteiger partial charge on any atom is 0.0947 e. The SMILES string of the molecule is CCCCC(S)/[Si](C)=C(\O)CO. The average molecular weight is 206 g/mol. The van der Waals surface area contributed by atoms with Gasteiger partial charge in [-0.05, 0) is 6.42 Å². The second-order valence-electron chi connectivity index (χ2n) is 2.95. The lowest BCUT2D eigenvalue weighted by atomic mass is 10.3. The zero-order valence-corrected chi connectivity index (χ0v) is 9.64. The number of unbranched alkanes of at least 4 members (excludes halogenated alkanes) is 1. The third kappa shape index (κ3) is 4.28. The molecule has 0 heterocycles. The van der Waals surface area contributed by atoms with Crippen molar-refractivity contribution in [2.75, 3.05) is 6.61 Å². The van der Waals surface area contributed by atoms with Gasteiger partial charge in [0.05, 0.1) is 20.4 Å². The van der Waals surface area contributed by atoms with E-state index in [1.165, 1.54) is 0 Å². The Labute approximate surface area is 81.3 Å². The third-order valence-electron chi connectivity index (χ3n) is 1.94. The first-order chi connectivity index (χ1) is 5.63. The molecule has 12 heavy (non-hydrogen) atoms. The van der Waals surface area contributed by atoms with Crippen molar-refractivity contribution < 1.29 is 10.2 Å². The van der Waals surface area contributed by atoms with E-state index in [9.17, 15) is 5.11 Å². The first-order valence-electron chi connectivity index (χ1n) is 4.31. The molecule has 0 rings (SSSR count). The molecular formula is C8H18O2SSi. The van der Waals surface area contributed by atoms with E-state index in [1.807, 2.05) is 6.55 Å². The lowest BCUT2D eigenvalue weighted by Gasteiger charge is -2.10. The second-order valence-corrected chi connectivity index (χ2v) is 6.70. The number of hydrogen-bond donors (Lipinski definition) is 3. The number of aliphatic hydroxyl groups excluding tert-OH is 2. The quantitative estimate of drug-likeness (QED) is 0.467. The van der Waals surface area contributed by atoms with Gasteiger partial charge in [-0.25, -0.2) is 0 Å². The Balaban J connectivity index is 3.99. The summed E-state index contributed by atoms with van der Waals surface area (Å²) < 4.78 is 0. The molecule has 2 nitrogen and oxygen atoms in total.